The maximum atomic E-state index is 5.14. The van der Waals surface area contributed by atoms with Gasteiger partial charge in [0.2, 0.25) is 0 Å². The van der Waals surface area contributed by atoms with Crippen molar-refractivity contribution < 1.29 is 9.47 Å². The van der Waals surface area contributed by atoms with E-state index in [9.17, 15) is 0 Å². The van der Waals surface area contributed by atoms with E-state index in [1.54, 1.807) is 20.3 Å². The first-order valence-corrected chi connectivity index (χ1v) is 6.71. The van der Waals surface area contributed by atoms with E-state index in [2.05, 4.69) is 13.2 Å². The van der Waals surface area contributed by atoms with Crippen molar-refractivity contribution in [3.05, 3.63) is 78.9 Å². The minimum atomic E-state index is 0.848. The highest BCUT2D eigenvalue weighted by Gasteiger charge is 2.03. The van der Waals surface area contributed by atoms with E-state index >= 15 is 0 Å². The molecule has 0 atom stereocenters. The van der Waals surface area contributed by atoms with Crippen LogP contribution < -0.4 is 9.47 Å². The van der Waals surface area contributed by atoms with Gasteiger partial charge in [0.25, 0.3) is 0 Å². The van der Waals surface area contributed by atoms with Crippen LogP contribution in [0.4, 0.5) is 0 Å². The minimum absolute atomic E-state index is 0.848. The summed E-state index contributed by atoms with van der Waals surface area (Å²) in [5.74, 6) is 1.70. The molecule has 0 fully saturated rings. The zero-order chi connectivity index (χ0) is 15.7. The Morgan fingerprint density at radius 3 is 1.33 bits per heavy atom. The third kappa shape index (κ3) is 4.84. The first-order chi connectivity index (χ1) is 10.2. The fraction of sp³-hybridized carbons (Fsp3) is 0.158. The molecule has 0 spiro atoms. The molecule has 0 N–H and O–H groups in total. The molecule has 21 heavy (non-hydrogen) atoms. The molecule has 0 aliphatic heterocycles. The van der Waals surface area contributed by atoms with E-state index in [1.165, 1.54) is 0 Å². The largest absolute Gasteiger partial charge is 0.497 e. The summed E-state index contributed by atoms with van der Waals surface area (Å²) in [4.78, 5) is 0. The molecule has 0 radical (unpaired) electrons. The summed E-state index contributed by atoms with van der Waals surface area (Å²) < 4.78 is 10.3. The SMILES string of the molecule is C=C(c1ccc(OC)cc1)c1ccc(OC)cc1.C=CC. The molecule has 110 valence electrons. The summed E-state index contributed by atoms with van der Waals surface area (Å²) in [6, 6.07) is 15.8. The molecule has 2 aromatic rings. The molecule has 0 unspecified atom stereocenters. The fourth-order valence-electron chi connectivity index (χ4n) is 1.75. The maximum absolute atomic E-state index is 5.14. The quantitative estimate of drug-likeness (QED) is 0.738. The first kappa shape index (κ1) is 16.6. The number of allylic oxidation sites excluding steroid dienone is 1. The second-order valence-corrected chi connectivity index (χ2v) is 4.34. The van der Waals surface area contributed by atoms with Gasteiger partial charge in [-0.2, -0.15) is 0 Å². The van der Waals surface area contributed by atoms with Gasteiger partial charge in [0.15, 0.2) is 0 Å². The molecular formula is C19H22O2. The van der Waals surface area contributed by atoms with Gasteiger partial charge in [-0.15, -0.1) is 6.58 Å². The lowest BCUT2D eigenvalue weighted by Crippen LogP contribution is -1.88. The zero-order valence-electron chi connectivity index (χ0n) is 12.9. The van der Waals surface area contributed by atoms with Crippen LogP contribution >= 0.6 is 0 Å². The molecule has 0 heterocycles. The van der Waals surface area contributed by atoms with Gasteiger partial charge < -0.3 is 9.47 Å². The molecule has 0 aliphatic carbocycles. The molecule has 0 aliphatic rings. The summed E-state index contributed by atoms with van der Waals surface area (Å²) in [6.45, 7) is 9.37. The highest BCUT2D eigenvalue weighted by molar-refractivity contribution is 5.78. The average molecular weight is 282 g/mol. The number of ether oxygens (including phenoxy) is 2. The third-order valence-corrected chi connectivity index (χ3v) is 2.88. The van der Waals surface area contributed by atoms with Crippen LogP contribution in [0, 0.1) is 0 Å². The summed E-state index contributed by atoms with van der Waals surface area (Å²) in [5, 5.41) is 0. The van der Waals surface area contributed by atoms with Gasteiger partial charge in [-0.1, -0.05) is 36.9 Å². The maximum Gasteiger partial charge on any atom is 0.118 e. The van der Waals surface area contributed by atoms with Crippen molar-refractivity contribution in [2.24, 2.45) is 0 Å². The van der Waals surface area contributed by atoms with Gasteiger partial charge in [-0.3, -0.25) is 0 Å². The van der Waals surface area contributed by atoms with E-state index < -0.39 is 0 Å². The van der Waals surface area contributed by atoms with Gasteiger partial charge in [-0.05, 0) is 47.9 Å². The zero-order valence-corrected chi connectivity index (χ0v) is 12.9. The molecule has 2 heteroatoms. The Hall–Kier alpha value is -2.48. The van der Waals surface area contributed by atoms with Crippen LogP contribution in [-0.4, -0.2) is 14.2 Å². The van der Waals surface area contributed by atoms with Crippen molar-refractivity contribution in [2.75, 3.05) is 14.2 Å². The monoisotopic (exact) mass is 282 g/mol. The van der Waals surface area contributed by atoms with Crippen LogP contribution in [-0.2, 0) is 0 Å². The van der Waals surface area contributed by atoms with E-state index in [4.69, 9.17) is 9.47 Å². The Morgan fingerprint density at radius 1 is 0.810 bits per heavy atom. The van der Waals surface area contributed by atoms with Crippen LogP contribution in [0.25, 0.3) is 5.57 Å². The second-order valence-electron chi connectivity index (χ2n) is 4.34. The van der Waals surface area contributed by atoms with Gasteiger partial charge >= 0.3 is 0 Å². The van der Waals surface area contributed by atoms with Crippen molar-refractivity contribution in [1.29, 1.82) is 0 Å². The first-order valence-electron chi connectivity index (χ1n) is 6.71. The standard InChI is InChI=1S/C16H16O2.C3H6/c1-12(13-4-8-15(17-2)9-5-13)14-6-10-16(18-3)11-7-14;1-3-2/h4-11H,1H2,2-3H3;3H,1H2,2H3. The van der Waals surface area contributed by atoms with Gasteiger partial charge in [-0.25, -0.2) is 0 Å². The molecule has 0 saturated carbocycles. The number of hydrogen-bond donors (Lipinski definition) is 0. The lowest BCUT2D eigenvalue weighted by atomic mass is 9.99. The minimum Gasteiger partial charge on any atom is -0.497 e. The molecule has 0 amide bonds. The summed E-state index contributed by atoms with van der Waals surface area (Å²) in [5.41, 5.74) is 3.15. The molecule has 2 rings (SSSR count). The molecular weight excluding hydrogens is 260 g/mol. The average Bonchev–Trinajstić information content (AvgIpc) is 2.55. The van der Waals surface area contributed by atoms with Gasteiger partial charge in [0.1, 0.15) is 11.5 Å². The van der Waals surface area contributed by atoms with Crippen LogP contribution in [0.3, 0.4) is 0 Å². The third-order valence-electron chi connectivity index (χ3n) is 2.88. The van der Waals surface area contributed by atoms with Crippen molar-refractivity contribution in [1.82, 2.24) is 0 Å². The summed E-state index contributed by atoms with van der Waals surface area (Å²) >= 11 is 0. The molecule has 0 aromatic heterocycles. The second kappa shape index (κ2) is 8.64. The Morgan fingerprint density at radius 2 is 1.10 bits per heavy atom. The number of benzene rings is 2. The number of rotatable bonds is 4. The lowest BCUT2D eigenvalue weighted by molar-refractivity contribution is 0.414. The van der Waals surface area contributed by atoms with Crippen molar-refractivity contribution in [2.45, 2.75) is 6.92 Å². The van der Waals surface area contributed by atoms with E-state index in [-0.39, 0.29) is 0 Å². The van der Waals surface area contributed by atoms with E-state index in [1.807, 2.05) is 55.5 Å². The summed E-state index contributed by atoms with van der Waals surface area (Å²) in [6.07, 6.45) is 1.75. The highest BCUT2D eigenvalue weighted by atomic mass is 16.5. The smallest absolute Gasteiger partial charge is 0.118 e. The topological polar surface area (TPSA) is 18.5 Å². The number of hydrogen-bond acceptors (Lipinski definition) is 2. The van der Waals surface area contributed by atoms with Crippen molar-refractivity contribution >= 4 is 5.57 Å². The number of methoxy groups -OCH3 is 2. The predicted molar refractivity (Wildman–Crippen MR) is 90.0 cm³/mol. The predicted octanol–water partition coefficient (Wildman–Crippen LogP) is 4.96. The Labute approximate surface area is 127 Å². The van der Waals surface area contributed by atoms with E-state index in [0.29, 0.717) is 0 Å². The molecule has 2 nitrogen and oxygen atoms in total. The van der Waals surface area contributed by atoms with Crippen molar-refractivity contribution in [3.63, 3.8) is 0 Å². The van der Waals surface area contributed by atoms with Crippen LogP contribution in [0.15, 0.2) is 67.8 Å². The Balaban J connectivity index is 0.000000677. The van der Waals surface area contributed by atoms with Crippen LogP contribution in [0.2, 0.25) is 0 Å². The van der Waals surface area contributed by atoms with Crippen molar-refractivity contribution in [3.8, 4) is 11.5 Å². The normalized spacial score (nSPS) is 9.10. The van der Waals surface area contributed by atoms with Gasteiger partial charge in [0.05, 0.1) is 14.2 Å². The molecule has 0 bridgehead atoms. The fourth-order valence-corrected chi connectivity index (χ4v) is 1.75. The Bertz CT molecular complexity index is 516. The van der Waals surface area contributed by atoms with E-state index in [0.717, 1.165) is 28.2 Å². The summed E-state index contributed by atoms with van der Waals surface area (Å²) in [7, 11) is 3.32. The Kier molecular flexibility index (Phi) is 6.82. The van der Waals surface area contributed by atoms with Gasteiger partial charge in [0, 0.05) is 0 Å². The van der Waals surface area contributed by atoms with Crippen LogP contribution in [0.1, 0.15) is 18.1 Å². The lowest BCUT2D eigenvalue weighted by Gasteiger charge is -2.08. The highest BCUT2D eigenvalue weighted by Crippen LogP contribution is 2.25. The molecule has 2 aromatic carbocycles. The van der Waals surface area contributed by atoms with Crippen LogP contribution in [0.5, 0.6) is 11.5 Å². The molecule has 0 saturated heterocycles.